The minimum atomic E-state index is -0.281. The summed E-state index contributed by atoms with van der Waals surface area (Å²) in [5, 5.41) is 0. The summed E-state index contributed by atoms with van der Waals surface area (Å²) in [5.41, 5.74) is 0.590. The maximum Gasteiger partial charge on any atom is 0.332 e. The zero-order chi connectivity index (χ0) is 14.1. The molecule has 5 heteroatoms. The van der Waals surface area contributed by atoms with Gasteiger partial charge in [-0.2, -0.15) is 0 Å². The van der Waals surface area contributed by atoms with E-state index in [0.29, 0.717) is 18.0 Å². The van der Waals surface area contributed by atoms with Crippen molar-refractivity contribution >= 4 is 17.6 Å². The molecule has 1 aromatic rings. The number of carbonyl (C=O) groups is 2. The molecule has 3 amide bonds. The largest absolute Gasteiger partial charge is 0.497 e. The Morgan fingerprint density at radius 2 is 2.05 bits per heavy atom. The van der Waals surface area contributed by atoms with Gasteiger partial charge in [0.15, 0.2) is 0 Å². The lowest BCUT2D eigenvalue weighted by molar-refractivity contribution is -0.119. The lowest BCUT2D eigenvalue weighted by atomic mass is 10.1. The molecule has 5 nitrogen and oxygen atoms in total. The van der Waals surface area contributed by atoms with Crippen LogP contribution in [0.25, 0.3) is 0 Å². The number of fused-ring (bicyclic) bond motifs is 1. The van der Waals surface area contributed by atoms with Crippen LogP contribution in [0.5, 0.6) is 5.75 Å². The maximum atomic E-state index is 12.5. The average molecular weight is 274 g/mol. The van der Waals surface area contributed by atoms with Crippen molar-refractivity contribution in [3.8, 4) is 5.75 Å². The molecule has 0 aliphatic carbocycles. The van der Waals surface area contributed by atoms with E-state index in [4.69, 9.17) is 4.74 Å². The lowest BCUT2D eigenvalue weighted by Gasteiger charge is -2.18. The fourth-order valence-corrected chi connectivity index (χ4v) is 2.95. The van der Waals surface area contributed by atoms with Gasteiger partial charge in [-0.05, 0) is 25.0 Å². The van der Waals surface area contributed by atoms with Crippen molar-refractivity contribution in [1.82, 2.24) is 4.90 Å². The number of benzene rings is 1. The smallest absolute Gasteiger partial charge is 0.332 e. The molecule has 2 heterocycles. The molecule has 0 bridgehead atoms. The van der Waals surface area contributed by atoms with Crippen LogP contribution in [0.3, 0.4) is 0 Å². The number of urea groups is 1. The first-order valence-electron chi connectivity index (χ1n) is 7.01. The molecule has 1 aromatic carbocycles. The number of methoxy groups -OCH3 is 1. The van der Waals surface area contributed by atoms with Crippen LogP contribution in [0.1, 0.15) is 25.7 Å². The van der Waals surface area contributed by atoms with Crippen LogP contribution >= 0.6 is 0 Å². The molecular formula is C15H18N2O3. The predicted molar refractivity (Wildman–Crippen MR) is 74.8 cm³/mol. The first-order valence-corrected chi connectivity index (χ1v) is 7.01. The highest BCUT2D eigenvalue weighted by molar-refractivity contribution is 6.21. The van der Waals surface area contributed by atoms with Crippen molar-refractivity contribution in [3.63, 3.8) is 0 Å². The summed E-state index contributed by atoms with van der Waals surface area (Å²) in [6.45, 7) is 0.676. The normalized spacial score (nSPS) is 22.8. The maximum absolute atomic E-state index is 12.5. The first-order chi connectivity index (χ1) is 9.72. The molecule has 2 aliphatic rings. The Bertz CT molecular complexity index is 520. The molecular weight excluding hydrogens is 256 g/mol. The van der Waals surface area contributed by atoms with Crippen LogP contribution < -0.4 is 9.64 Å². The summed E-state index contributed by atoms with van der Waals surface area (Å²) in [6, 6.07) is 6.60. The molecule has 1 unspecified atom stereocenters. The molecule has 106 valence electrons. The molecule has 0 spiro atoms. The number of hydrogen-bond acceptors (Lipinski definition) is 3. The van der Waals surface area contributed by atoms with Gasteiger partial charge in [-0.3, -0.25) is 4.79 Å². The van der Waals surface area contributed by atoms with E-state index in [1.165, 1.54) is 4.90 Å². The Hall–Kier alpha value is -2.04. The van der Waals surface area contributed by atoms with E-state index in [1.54, 1.807) is 36.3 Å². The minimum absolute atomic E-state index is 0.106. The number of hydrogen-bond donors (Lipinski definition) is 0. The molecule has 2 saturated heterocycles. The second kappa shape index (κ2) is 5.15. The zero-order valence-electron chi connectivity index (χ0n) is 11.5. The SMILES string of the molecule is COc1cccc(N2C(=O)C3CCCCCN3C2=O)c1. The standard InChI is InChI=1S/C15H18N2O3/c1-20-12-7-5-6-11(10-12)17-14(18)13-8-3-2-4-9-16(13)15(17)19/h5-7,10,13H,2-4,8-9H2,1H3. The Balaban J connectivity index is 1.93. The van der Waals surface area contributed by atoms with E-state index in [-0.39, 0.29) is 18.0 Å². The molecule has 3 rings (SSSR count). The third-order valence-corrected chi connectivity index (χ3v) is 4.01. The summed E-state index contributed by atoms with van der Waals surface area (Å²) in [7, 11) is 1.57. The Morgan fingerprint density at radius 1 is 1.20 bits per heavy atom. The van der Waals surface area contributed by atoms with Gasteiger partial charge in [0.25, 0.3) is 5.91 Å². The van der Waals surface area contributed by atoms with E-state index in [2.05, 4.69) is 0 Å². The van der Waals surface area contributed by atoms with Gasteiger partial charge in [-0.1, -0.05) is 18.9 Å². The van der Waals surface area contributed by atoms with Gasteiger partial charge in [0.1, 0.15) is 11.8 Å². The fourth-order valence-electron chi connectivity index (χ4n) is 2.95. The highest BCUT2D eigenvalue weighted by Crippen LogP contribution is 2.31. The third-order valence-electron chi connectivity index (χ3n) is 4.01. The van der Waals surface area contributed by atoms with Gasteiger partial charge in [-0.15, -0.1) is 0 Å². The van der Waals surface area contributed by atoms with E-state index in [0.717, 1.165) is 25.7 Å². The van der Waals surface area contributed by atoms with Crippen molar-refractivity contribution in [1.29, 1.82) is 0 Å². The van der Waals surface area contributed by atoms with Crippen molar-refractivity contribution in [2.45, 2.75) is 31.7 Å². The van der Waals surface area contributed by atoms with E-state index >= 15 is 0 Å². The molecule has 2 fully saturated rings. The van der Waals surface area contributed by atoms with Gasteiger partial charge in [0.2, 0.25) is 0 Å². The number of anilines is 1. The van der Waals surface area contributed by atoms with Crippen LogP contribution in [0.2, 0.25) is 0 Å². The number of imide groups is 1. The number of amides is 3. The number of ether oxygens (including phenoxy) is 1. The molecule has 2 aliphatic heterocycles. The third kappa shape index (κ3) is 2.03. The highest BCUT2D eigenvalue weighted by Gasteiger charge is 2.45. The Labute approximate surface area is 118 Å². The van der Waals surface area contributed by atoms with Gasteiger partial charge in [-0.25, -0.2) is 9.69 Å². The van der Waals surface area contributed by atoms with E-state index in [1.807, 2.05) is 0 Å². The molecule has 0 N–H and O–H groups in total. The van der Waals surface area contributed by atoms with Crippen LogP contribution in [0.4, 0.5) is 10.5 Å². The molecule has 20 heavy (non-hydrogen) atoms. The monoisotopic (exact) mass is 274 g/mol. The van der Waals surface area contributed by atoms with Crippen LogP contribution in [-0.2, 0) is 4.79 Å². The van der Waals surface area contributed by atoms with E-state index < -0.39 is 0 Å². The first kappa shape index (κ1) is 13.0. The van der Waals surface area contributed by atoms with Crippen molar-refractivity contribution in [2.24, 2.45) is 0 Å². The van der Waals surface area contributed by atoms with Crippen LogP contribution in [0, 0.1) is 0 Å². The average Bonchev–Trinajstić information content (AvgIpc) is 2.66. The van der Waals surface area contributed by atoms with Gasteiger partial charge < -0.3 is 9.64 Å². The molecule has 1 atom stereocenters. The Morgan fingerprint density at radius 3 is 2.85 bits per heavy atom. The predicted octanol–water partition coefficient (Wildman–Crippen LogP) is 2.41. The van der Waals surface area contributed by atoms with Gasteiger partial charge in [0.05, 0.1) is 12.8 Å². The zero-order valence-corrected chi connectivity index (χ0v) is 11.5. The van der Waals surface area contributed by atoms with Gasteiger partial charge in [0, 0.05) is 12.6 Å². The quantitative estimate of drug-likeness (QED) is 0.778. The van der Waals surface area contributed by atoms with Crippen LogP contribution in [-0.4, -0.2) is 36.5 Å². The van der Waals surface area contributed by atoms with Crippen molar-refractivity contribution in [2.75, 3.05) is 18.6 Å². The number of carbonyl (C=O) groups excluding carboxylic acids is 2. The van der Waals surface area contributed by atoms with Crippen molar-refractivity contribution in [3.05, 3.63) is 24.3 Å². The summed E-state index contributed by atoms with van der Waals surface area (Å²) >= 11 is 0. The number of rotatable bonds is 2. The molecule has 0 radical (unpaired) electrons. The second-order valence-electron chi connectivity index (χ2n) is 5.22. The lowest BCUT2D eigenvalue weighted by Crippen LogP contribution is -2.34. The topological polar surface area (TPSA) is 49.9 Å². The summed E-state index contributed by atoms with van der Waals surface area (Å²) in [6.07, 6.45) is 3.84. The summed E-state index contributed by atoms with van der Waals surface area (Å²) in [5.74, 6) is 0.537. The molecule has 0 saturated carbocycles. The highest BCUT2D eigenvalue weighted by atomic mass is 16.5. The second-order valence-corrected chi connectivity index (χ2v) is 5.22. The van der Waals surface area contributed by atoms with Crippen LogP contribution in [0.15, 0.2) is 24.3 Å². The summed E-state index contributed by atoms with van der Waals surface area (Å²) in [4.78, 5) is 28.0. The number of nitrogens with zero attached hydrogens (tertiary/aromatic N) is 2. The minimum Gasteiger partial charge on any atom is -0.497 e. The van der Waals surface area contributed by atoms with Gasteiger partial charge >= 0.3 is 6.03 Å². The Kier molecular flexibility index (Phi) is 3.34. The van der Waals surface area contributed by atoms with E-state index in [9.17, 15) is 9.59 Å². The summed E-state index contributed by atoms with van der Waals surface area (Å²) < 4.78 is 5.16. The fraction of sp³-hybridized carbons (Fsp3) is 0.467. The van der Waals surface area contributed by atoms with Crippen molar-refractivity contribution < 1.29 is 14.3 Å². The molecule has 0 aromatic heterocycles.